The Hall–Kier alpha value is -0.0400. The van der Waals surface area contributed by atoms with E-state index in [-0.39, 0.29) is 29.5 Å². The monoisotopic (exact) mass is 382 g/mol. The topological polar surface area (TPSA) is 39.7 Å². The van der Waals surface area contributed by atoms with Gasteiger partial charge in [0.25, 0.3) is 0 Å². The first-order valence-corrected chi connectivity index (χ1v) is 7.12. The standard InChI is InChI=1S/C14H30N4.HI/c1-7-15-13(17-14(3,4)5)16-10-11(2)18(6)12-8-9-12;/h11-12H,7-10H2,1-6H3,(H2,15,16,17);1H. The molecule has 114 valence electrons. The molecule has 1 aliphatic carbocycles. The molecule has 0 aromatic rings. The Kier molecular flexibility index (Phi) is 8.27. The van der Waals surface area contributed by atoms with Crippen molar-refractivity contribution in [3.05, 3.63) is 0 Å². The van der Waals surface area contributed by atoms with E-state index in [0.29, 0.717) is 6.04 Å². The molecule has 0 amide bonds. The maximum Gasteiger partial charge on any atom is 0.191 e. The fourth-order valence-electron chi connectivity index (χ4n) is 1.86. The summed E-state index contributed by atoms with van der Waals surface area (Å²) in [5.74, 6) is 0.918. The summed E-state index contributed by atoms with van der Waals surface area (Å²) in [6.45, 7) is 12.5. The Bertz CT molecular complexity index is 282. The smallest absolute Gasteiger partial charge is 0.191 e. The Morgan fingerprint density at radius 2 is 1.95 bits per heavy atom. The number of hydrogen-bond acceptors (Lipinski definition) is 2. The van der Waals surface area contributed by atoms with Gasteiger partial charge in [-0.25, -0.2) is 0 Å². The Morgan fingerprint density at radius 1 is 1.37 bits per heavy atom. The molecule has 0 aromatic heterocycles. The van der Waals surface area contributed by atoms with Gasteiger partial charge in [-0.3, -0.25) is 9.89 Å². The van der Waals surface area contributed by atoms with Gasteiger partial charge >= 0.3 is 0 Å². The van der Waals surface area contributed by atoms with Crippen molar-refractivity contribution in [2.45, 2.75) is 65.1 Å². The number of aliphatic imine (C=N–C) groups is 1. The van der Waals surface area contributed by atoms with Gasteiger partial charge in [-0.2, -0.15) is 0 Å². The number of likely N-dealkylation sites (N-methyl/N-ethyl adjacent to an activating group) is 1. The van der Waals surface area contributed by atoms with Crippen LogP contribution in [0.3, 0.4) is 0 Å². The van der Waals surface area contributed by atoms with E-state index >= 15 is 0 Å². The van der Waals surface area contributed by atoms with Gasteiger partial charge in [0.15, 0.2) is 5.96 Å². The normalized spacial score (nSPS) is 17.9. The maximum absolute atomic E-state index is 4.68. The highest BCUT2D eigenvalue weighted by Gasteiger charge is 2.28. The third kappa shape index (κ3) is 7.97. The molecule has 4 nitrogen and oxygen atoms in total. The lowest BCUT2D eigenvalue weighted by Crippen LogP contribution is -2.48. The van der Waals surface area contributed by atoms with E-state index in [9.17, 15) is 0 Å². The quantitative estimate of drug-likeness (QED) is 0.436. The zero-order valence-electron chi connectivity index (χ0n) is 13.3. The first-order valence-electron chi connectivity index (χ1n) is 7.12. The molecule has 5 heteroatoms. The SMILES string of the molecule is CCNC(=NCC(C)N(C)C1CC1)NC(C)(C)C.I. The van der Waals surface area contributed by atoms with E-state index in [1.165, 1.54) is 12.8 Å². The molecule has 0 aliphatic heterocycles. The largest absolute Gasteiger partial charge is 0.357 e. The lowest BCUT2D eigenvalue weighted by molar-refractivity contribution is 0.253. The van der Waals surface area contributed by atoms with Gasteiger partial charge in [-0.15, -0.1) is 24.0 Å². The molecule has 19 heavy (non-hydrogen) atoms. The third-order valence-electron chi connectivity index (χ3n) is 3.17. The molecule has 1 rings (SSSR count). The summed E-state index contributed by atoms with van der Waals surface area (Å²) in [4.78, 5) is 7.13. The minimum atomic E-state index is 0. The molecule has 0 radical (unpaired) electrons. The summed E-state index contributed by atoms with van der Waals surface area (Å²) in [5, 5.41) is 6.72. The number of nitrogens with zero attached hydrogens (tertiary/aromatic N) is 2. The van der Waals surface area contributed by atoms with Crippen molar-refractivity contribution in [1.82, 2.24) is 15.5 Å². The zero-order chi connectivity index (χ0) is 13.8. The van der Waals surface area contributed by atoms with Crippen LogP contribution in [0.5, 0.6) is 0 Å². The van der Waals surface area contributed by atoms with E-state index in [4.69, 9.17) is 0 Å². The molecule has 1 fully saturated rings. The van der Waals surface area contributed by atoms with Crippen LogP contribution in [0.1, 0.15) is 47.5 Å². The van der Waals surface area contributed by atoms with Crippen molar-refractivity contribution in [3.63, 3.8) is 0 Å². The van der Waals surface area contributed by atoms with Gasteiger partial charge in [0, 0.05) is 24.2 Å². The molecule has 1 saturated carbocycles. The summed E-state index contributed by atoms with van der Waals surface area (Å²) in [6, 6.07) is 1.31. The van der Waals surface area contributed by atoms with Crippen molar-refractivity contribution < 1.29 is 0 Å². The van der Waals surface area contributed by atoms with Crippen molar-refractivity contribution in [2.24, 2.45) is 4.99 Å². The van der Waals surface area contributed by atoms with E-state index in [1.54, 1.807) is 0 Å². The molecule has 0 bridgehead atoms. The minimum Gasteiger partial charge on any atom is -0.357 e. The Labute approximate surface area is 135 Å². The molecule has 0 aromatic carbocycles. The van der Waals surface area contributed by atoms with Crippen LogP contribution in [-0.2, 0) is 0 Å². The van der Waals surface area contributed by atoms with Gasteiger partial charge < -0.3 is 10.6 Å². The molecule has 2 N–H and O–H groups in total. The van der Waals surface area contributed by atoms with Crippen molar-refractivity contribution in [3.8, 4) is 0 Å². The van der Waals surface area contributed by atoms with Crippen LogP contribution in [0.4, 0.5) is 0 Å². The molecule has 0 spiro atoms. The van der Waals surface area contributed by atoms with Crippen LogP contribution >= 0.6 is 24.0 Å². The fraction of sp³-hybridized carbons (Fsp3) is 0.929. The van der Waals surface area contributed by atoms with E-state index < -0.39 is 0 Å². The minimum absolute atomic E-state index is 0. The number of rotatable bonds is 5. The molecule has 0 heterocycles. The molecular weight excluding hydrogens is 351 g/mol. The molecule has 0 saturated heterocycles. The highest BCUT2D eigenvalue weighted by atomic mass is 127. The average Bonchev–Trinajstić information content (AvgIpc) is 3.06. The molecular formula is C14H31IN4. The van der Waals surface area contributed by atoms with Crippen LogP contribution in [0.2, 0.25) is 0 Å². The summed E-state index contributed by atoms with van der Waals surface area (Å²) in [7, 11) is 2.21. The van der Waals surface area contributed by atoms with Gasteiger partial charge in [-0.05, 0) is 54.5 Å². The summed E-state index contributed by atoms with van der Waals surface area (Å²) >= 11 is 0. The van der Waals surface area contributed by atoms with Crippen molar-refractivity contribution in [1.29, 1.82) is 0 Å². The summed E-state index contributed by atoms with van der Waals surface area (Å²) in [6.07, 6.45) is 2.70. The lowest BCUT2D eigenvalue weighted by atomic mass is 10.1. The number of guanidine groups is 1. The Morgan fingerprint density at radius 3 is 2.37 bits per heavy atom. The van der Waals surface area contributed by atoms with Gasteiger partial charge in [-0.1, -0.05) is 0 Å². The maximum atomic E-state index is 4.68. The van der Waals surface area contributed by atoms with Crippen LogP contribution in [0.25, 0.3) is 0 Å². The van der Waals surface area contributed by atoms with Crippen molar-refractivity contribution >= 4 is 29.9 Å². The van der Waals surface area contributed by atoms with Gasteiger partial charge in [0.1, 0.15) is 0 Å². The molecule has 1 atom stereocenters. The second kappa shape index (κ2) is 8.29. The third-order valence-corrected chi connectivity index (χ3v) is 3.17. The Balaban J connectivity index is 0.00000324. The van der Waals surface area contributed by atoms with E-state index in [0.717, 1.165) is 25.1 Å². The van der Waals surface area contributed by atoms with Crippen LogP contribution < -0.4 is 10.6 Å². The van der Waals surface area contributed by atoms with Gasteiger partial charge in [0.2, 0.25) is 0 Å². The predicted octanol–water partition coefficient (Wildman–Crippen LogP) is 2.44. The van der Waals surface area contributed by atoms with Crippen LogP contribution in [0, 0.1) is 0 Å². The first kappa shape index (κ1) is 19.0. The van der Waals surface area contributed by atoms with Gasteiger partial charge in [0.05, 0.1) is 6.54 Å². The number of hydrogen-bond donors (Lipinski definition) is 2. The fourth-order valence-corrected chi connectivity index (χ4v) is 1.86. The highest BCUT2D eigenvalue weighted by Crippen LogP contribution is 2.26. The second-order valence-electron chi connectivity index (χ2n) is 6.34. The number of halogens is 1. The lowest BCUT2D eigenvalue weighted by Gasteiger charge is -2.26. The summed E-state index contributed by atoms with van der Waals surface area (Å²) in [5.41, 5.74) is 0.0482. The van der Waals surface area contributed by atoms with E-state index in [1.807, 2.05) is 0 Å². The van der Waals surface area contributed by atoms with Crippen molar-refractivity contribution in [2.75, 3.05) is 20.1 Å². The second-order valence-corrected chi connectivity index (χ2v) is 6.34. The molecule has 1 unspecified atom stereocenters. The number of nitrogens with one attached hydrogen (secondary N) is 2. The predicted molar refractivity (Wildman–Crippen MR) is 94.5 cm³/mol. The van der Waals surface area contributed by atoms with Crippen LogP contribution in [0.15, 0.2) is 4.99 Å². The first-order chi connectivity index (χ1) is 8.33. The van der Waals surface area contributed by atoms with E-state index in [2.05, 4.69) is 62.2 Å². The highest BCUT2D eigenvalue weighted by molar-refractivity contribution is 14.0. The zero-order valence-corrected chi connectivity index (χ0v) is 15.6. The summed E-state index contributed by atoms with van der Waals surface area (Å²) < 4.78 is 0. The van der Waals surface area contributed by atoms with Crippen LogP contribution in [-0.4, -0.2) is 48.6 Å². The average molecular weight is 382 g/mol. The molecule has 1 aliphatic rings.